The topological polar surface area (TPSA) is 97.8 Å². The second kappa shape index (κ2) is 10.2. The summed E-state index contributed by atoms with van der Waals surface area (Å²) in [6.07, 6.45) is 0.529. The van der Waals surface area contributed by atoms with E-state index in [1.165, 1.54) is 21.7 Å². The van der Waals surface area contributed by atoms with Gasteiger partial charge >= 0.3 is 0 Å². The van der Waals surface area contributed by atoms with E-state index < -0.39 is 15.9 Å². The number of hydrogen-bond donors (Lipinski definition) is 1. The summed E-state index contributed by atoms with van der Waals surface area (Å²) in [5, 5.41) is 1.83. The first-order valence-electron chi connectivity index (χ1n) is 10.0. The summed E-state index contributed by atoms with van der Waals surface area (Å²) < 4.78 is 41.8. The first-order valence-corrected chi connectivity index (χ1v) is 12.5. The van der Waals surface area contributed by atoms with E-state index in [0.29, 0.717) is 46.8 Å². The van der Waals surface area contributed by atoms with Crippen LogP contribution in [0.4, 0.5) is 10.1 Å². The molecule has 170 valence electrons. The third-order valence-electron chi connectivity index (χ3n) is 5.02. The Morgan fingerprint density at radius 2 is 1.88 bits per heavy atom. The van der Waals surface area contributed by atoms with E-state index in [1.807, 2.05) is 9.95 Å². The van der Waals surface area contributed by atoms with E-state index in [1.54, 1.807) is 56.4 Å². The van der Waals surface area contributed by atoms with E-state index in [9.17, 15) is 17.6 Å². The van der Waals surface area contributed by atoms with Crippen LogP contribution in [-0.2, 0) is 16.6 Å². The fraction of sp³-hybridized carbons (Fsp3) is 0.273. The zero-order valence-corrected chi connectivity index (χ0v) is 19.5. The minimum atomic E-state index is -3.27. The van der Waals surface area contributed by atoms with Crippen molar-refractivity contribution in [2.24, 2.45) is 10.7 Å². The molecule has 0 aliphatic heterocycles. The SMILES string of the molecule is CCS(=O)(=O)N(C)CCCn1c(-c2ccccc2F)csc1=Nc1ccc(C(N)=O)cc1. The standard InChI is InChI=1S/C22H25FN4O3S2/c1-3-32(29,30)26(2)13-6-14-27-20(18-7-4-5-8-19(18)23)15-31-22(27)25-17-11-9-16(10-12-17)21(24)28/h4-5,7-12,15H,3,6,13-14H2,1-2H3,(H2,24,28). The molecule has 2 N–H and O–H groups in total. The molecule has 1 aromatic heterocycles. The van der Waals surface area contributed by atoms with Crippen LogP contribution in [0.2, 0.25) is 0 Å². The Balaban J connectivity index is 1.97. The van der Waals surface area contributed by atoms with Gasteiger partial charge in [-0.3, -0.25) is 4.79 Å². The Labute approximate surface area is 190 Å². The van der Waals surface area contributed by atoms with Gasteiger partial charge in [0.05, 0.1) is 17.1 Å². The number of nitrogens with two attached hydrogens (primary N) is 1. The van der Waals surface area contributed by atoms with Gasteiger partial charge in [0.15, 0.2) is 4.80 Å². The number of primary amides is 1. The lowest BCUT2D eigenvalue weighted by Crippen LogP contribution is -2.30. The summed E-state index contributed by atoms with van der Waals surface area (Å²) in [7, 11) is -1.72. The molecule has 0 fully saturated rings. The van der Waals surface area contributed by atoms with Crippen molar-refractivity contribution in [3.05, 3.63) is 70.1 Å². The Morgan fingerprint density at radius 1 is 1.19 bits per heavy atom. The van der Waals surface area contributed by atoms with E-state index in [4.69, 9.17) is 5.73 Å². The van der Waals surface area contributed by atoms with E-state index in [0.717, 1.165) is 0 Å². The van der Waals surface area contributed by atoms with Crippen molar-refractivity contribution in [2.75, 3.05) is 19.3 Å². The number of nitrogens with zero attached hydrogens (tertiary/aromatic N) is 3. The maximum absolute atomic E-state index is 14.5. The molecule has 7 nitrogen and oxygen atoms in total. The largest absolute Gasteiger partial charge is 0.366 e. The Morgan fingerprint density at radius 3 is 2.50 bits per heavy atom. The molecule has 0 saturated heterocycles. The molecule has 0 radical (unpaired) electrons. The number of sulfonamides is 1. The Hall–Kier alpha value is -2.82. The molecule has 3 rings (SSSR count). The number of hydrogen-bond acceptors (Lipinski definition) is 5. The Bertz CT molecular complexity index is 1260. The molecule has 32 heavy (non-hydrogen) atoms. The molecular formula is C22H25FN4O3S2. The highest BCUT2D eigenvalue weighted by molar-refractivity contribution is 7.89. The fourth-order valence-electron chi connectivity index (χ4n) is 3.14. The third kappa shape index (κ3) is 5.50. The lowest BCUT2D eigenvalue weighted by Gasteiger charge is -2.16. The zero-order chi connectivity index (χ0) is 23.3. The first kappa shape index (κ1) is 23.8. The molecule has 0 atom stereocenters. The van der Waals surface area contributed by atoms with Crippen LogP contribution in [0, 0.1) is 5.82 Å². The third-order valence-corrected chi connectivity index (χ3v) is 7.74. The molecule has 0 aliphatic rings. The van der Waals surface area contributed by atoms with Gasteiger partial charge in [0.2, 0.25) is 15.9 Å². The minimum absolute atomic E-state index is 0.0391. The number of benzene rings is 2. The second-order valence-electron chi connectivity index (χ2n) is 7.13. The first-order chi connectivity index (χ1) is 15.2. The van der Waals surface area contributed by atoms with Crippen LogP contribution >= 0.6 is 11.3 Å². The molecule has 0 unspecified atom stereocenters. The molecule has 1 heterocycles. The van der Waals surface area contributed by atoms with Gasteiger partial charge < -0.3 is 10.3 Å². The lowest BCUT2D eigenvalue weighted by molar-refractivity contribution is 0.100. The number of halogens is 1. The quantitative estimate of drug-likeness (QED) is 0.513. The van der Waals surface area contributed by atoms with Crippen molar-refractivity contribution < 1.29 is 17.6 Å². The van der Waals surface area contributed by atoms with Crippen LogP contribution in [0.25, 0.3) is 11.3 Å². The molecule has 1 amide bonds. The van der Waals surface area contributed by atoms with Crippen molar-refractivity contribution in [1.29, 1.82) is 0 Å². The average molecular weight is 477 g/mol. The molecule has 0 aliphatic carbocycles. The summed E-state index contributed by atoms with van der Waals surface area (Å²) in [5.74, 6) is -0.824. The van der Waals surface area contributed by atoms with Crippen molar-refractivity contribution in [3.8, 4) is 11.3 Å². The molecular weight excluding hydrogens is 451 g/mol. The number of rotatable bonds is 9. The summed E-state index contributed by atoms with van der Waals surface area (Å²) in [5.41, 5.74) is 7.41. The lowest BCUT2D eigenvalue weighted by atomic mass is 10.1. The number of carbonyl (C=O) groups excluding carboxylic acids is 1. The molecule has 2 aromatic carbocycles. The van der Waals surface area contributed by atoms with Crippen molar-refractivity contribution in [2.45, 2.75) is 19.9 Å². The van der Waals surface area contributed by atoms with E-state index >= 15 is 0 Å². The van der Waals surface area contributed by atoms with Gasteiger partial charge in [-0.2, -0.15) is 0 Å². The number of amides is 1. The maximum Gasteiger partial charge on any atom is 0.248 e. The number of thiazole rings is 1. The van der Waals surface area contributed by atoms with Crippen LogP contribution in [0.5, 0.6) is 0 Å². The molecule has 3 aromatic rings. The zero-order valence-electron chi connectivity index (χ0n) is 17.9. The highest BCUT2D eigenvalue weighted by Crippen LogP contribution is 2.24. The van der Waals surface area contributed by atoms with Gasteiger partial charge in [0.25, 0.3) is 0 Å². The van der Waals surface area contributed by atoms with E-state index in [-0.39, 0.29) is 11.6 Å². The van der Waals surface area contributed by atoms with Crippen LogP contribution in [0.1, 0.15) is 23.7 Å². The predicted octanol–water partition coefficient (Wildman–Crippen LogP) is 3.36. The van der Waals surface area contributed by atoms with Gasteiger partial charge in [-0.25, -0.2) is 22.1 Å². The van der Waals surface area contributed by atoms with Crippen LogP contribution in [-0.4, -0.2) is 42.5 Å². The number of aromatic nitrogens is 1. The van der Waals surface area contributed by atoms with E-state index in [2.05, 4.69) is 4.99 Å². The van der Waals surface area contributed by atoms with Crippen molar-refractivity contribution >= 4 is 33.0 Å². The summed E-state index contributed by atoms with van der Waals surface area (Å²) in [4.78, 5) is 16.6. The van der Waals surface area contributed by atoms with Crippen LogP contribution < -0.4 is 10.5 Å². The van der Waals surface area contributed by atoms with Gasteiger partial charge in [-0.1, -0.05) is 12.1 Å². The van der Waals surface area contributed by atoms with Gasteiger partial charge in [-0.05, 0) is 49.7 Å². The summed E-state index contributed by atoms with van der Waals surface area (Å²) in [6, 6.07) is 13.1. The maximum atomic E-state index is 14.5. The molecule has 10 heteroatoms. The molecule has 0 bridgehead atoms. The smallest absolute Gasteiger partial charge is 0.248 e. The molecule has 0 spiro atoms. The highest BCUT2D eigenvalue weighted by atomic mass is 32.2. The van der Waals surface area contributed by atoms with Crippen LogP contribution in [0.15, 0.2) is 58.9 Å². The Kier molecular flexibility index (Phi) is 7.60. The normalized spacial score (nSPS) is 12.4. The predicted molar refractivity (Wildman–Crippen MR) is 125 cm³/mol. The van der Waals surface area contributed by atoms with Crippen molar-refractivity contribution in [1.82, 2.24) is 8.87 Å². The summed E-state index contributed by atoms with van der Waals surface area (Å²) >= 11 is 1.36. The highest BCUT2D eigenvalue weighted by Gasteiger charge is 2.16. The van der Waals surface area contributed by atoms with Gasteiger partial charge in [-0.15, -0.1) is 11.3 Å². The molecule has 0 saturated carbocycles. The average Bonchev–Trinajstić information content (AvgIpc) is 3.16. The summed E-state index contributed by atoms with van der Waals surface area (Å²) in [6.45, 7) is 2.40. The van der Waals surface area contributed by atoms with Crippen LogP contribution in [0.3, 0.4) is 0 Å². The number of carbonyl (C=O) groups is 1. The van der Waals surface area contributed by atoms with Gasteiger partial charge in [0.1, 0.15) is 5.82 Å². The van der Waals surface area contributed by atoms with Gasteiger partial charge in [0, 0.05) is 36.6 Å². The monoisotopic (exact) mass is 476 g/mol. The van der Waals surface area contributed by atoms with Crippen molar-refractivity contribution in [3.63, 3.8) is 0 Å². The fourth-order valence-corrected chi connectivity index (χ4v) is 4.94. The minimum Gasteiger partial charge on any atom is -0.366 e. The second-order valence-corrected chi connectivity index (χ2v) is 10.3.